The number of aromatic nitrogens is 2. The van der Waals surface area contributed by atoms with Gasteiger partial charge in [-0.3, -0.25) is 9.78 Å². The van der Waals surface area contributed by atoms with E-state index in [-0.39, 0.29) is 22.6 Å². The van der Waals surface area contributed by atoms with E-state index in [1.54, 1.807) is 13.0 Å². The van der Waals surface area contributed by atoms with Crippen LogP contribution in [-0.2, 0) is 10.3 Å². The van der Waals surface area contributed by atoms with Crippen molar-refractivity contribution < 1.29 is 22.7 Å². The number of nitrogens with two attached hydrogens (primary N) is 1. The molecule has 0 spiro atoms. The number of carbonyl (C=O) groups excluding carboxylic acids is 1. The lowest BCUT2D eigenvalue weighted by Crippen LogP contribution is -2.36. The van der Waals surface area contributed by atoms with Gasteiger partial charge < -0.3 is 15.8 Å². The maximum Gasteiger partial charge on any atom is 0.345 e. The molecule has 0 saturated heterocycles. The number of amides is 1. The van der Waals surface area contributed by atoms with Gasteiger partial charge in [0.15, 0.2) is 16.7 Å². The van der Waals surface area contributed by atoms with E-state index >= 15 is 0 Å². The summed E-state index contributed by atoms with van der Waals surface area (Å²) < 4.78 is 43.3. The number of amidine groups is 1. The summed E-state index contributed by atoms with van der Waals surface area (Å²) in [5.41, 5.74) is 5.54. The Morgan fingerprint density at radius 2 is 2.26 bits per heavy atom. The first-order chi connectivity index (χ1) is 14.7. The number of nitrogens with one attached hydrogen (secondary N) is 1. The standard InChI is InChI=1S/C20H18F3N5O2S/c1-3-11-6-14(21)16(26-9-11)17(29)27-12-4-5-25-15(7-12)20(2)8-13(10-30-18(22)23)31-19(24)28-20/h1,4-7,9,13,18H,8,10H2,2H3,(H2,24,28)(H,25,27,29)/t13-,20-/m0/s1. The fraction of sp³-hybridized carbons (Fsp3) is 0.300. The van der Waals surface area contributed by atoms with Gasteiger partial charge in [0.25, 0.3) is 5.91 Å². The van der Waals surface area contributed by atoms with Crippen LogP contribution in [0.2, 0.25) is 0 Å². The highest BCUT2D eigenvalue weighted by Gasteiger charge is 2.36. The second-order valence-corrected chi connectivity index (χ2v) is 8.17. The van der Waals surface area contributed by atoms with Crippen molar-refractivity contribution in [2.75, 3.05) is 11.9 Å². The van der Waals surface area contributed by atoms with Crippen LogP contribution in [0, 0.1) is 18.2 Å². The molecule has 7 nitrogen and oxygen atoms in total. The number of hydrogen-bond acceptors (Lipinski definition) is 7. The number of carbonyl (C=O) groups is 1. The molecule has 0 saturated carbocycles. The molecule has 0 fully saturated rings. The second-order valence-electron chi connectivity index (χ2n) is 6.84. The van der Waals surface area contributed by atoms with E-state index in [9.17, 15) is 18.0 Å². The molecule has 0 unspecified atom stereocenters. The number of aliphatic imine (C=N–C) groups is 1. The van der Waals surface area contributed by atoms with E-state index in [1.807, 2.05) is 0 Å². The van der Waals surface area contributed by atoms with Crippen LogP contribution in [0.1, 0.15) is 35.1 Å². The Kier molecular flexibility index (Phi) is 6.82. The molecular formula is C20H18F3N5O2S. The minimum Gasteiger partial charge on any atom is -0.379 e. The van der Waals surface area contributed by atoms with Crippen LogP contribution in [0.5, 0.6) is 0 Å². The fourth-order valence-electron chi connectivity index (χ4n) is 3.08. The van der Waals surface area contributed by atoms with Crippen molar-refractivity contribution in [3.63, 3.8) is 0 Å². The third-order valence-corrected chi connectivity index (χ3v) is 5.44. The Morgan fingerprint density at radius 3 is 2.94 bits per heavy atom. The Morgan fingerprint density at radius 1 is 1.48 bits per heavy atom. The molecule has 31 heavy (non-hydrogen) atoms. The van der Waals surface area contributed by atoms with Crippen LogP contribution < -0.4 is 11.1 Å². The molecule has 3 rings (SSSR count). The van der Waals surface area contributed by atoms with Crippen molar-refractivity contribution in [1.29, 1.82) is 0 Å². The quantitative estimate of drug-likeness (QED) is 0.657. The largest absolute Gasteiger partial charge is 0.379 e. The highest BCUT2D eigenvalue weighted by molar-refractivity contribution is 8.14. The molecule has 1 aliphatic rings. The van der Waals surface area contributed by atoms with Gasteiger partial charge in [-0.05, 0) is 31.5 Å². The Bertz CT molecular complexity index is 1060. The molecule has 1 amide bonds. The minimum absolute atomic E-state index is 0.205. The molecule has 0 bridgehead atoms. The van der Waals surface area contributed by atoms with Crippen LogP contribution >= 0.6 is 11.8 Å². The number of nitrogens with zero attached hydrogens (tertiary/aromatic N) is 3. The van der Waals surface area contributed by atoms with Crippen molar-refractivity contribution in [3.05, 3.63) is 53.4 Å². The molecule has 0 radical (unpaired) electrons. The van der Waals surface area contributed by atoms with Gasteiger partial charge in [-0.2, -0.15) is 8.78 Å². The first kappa shape index (κ1) is 22.6. The zero-order chi connectivity index (χ0) is 22.6. The lowest BCUT2D eigenvalue weighted by atomic mass is 9.91. The average molecular weight is 449 g/mol. The summed E-state index contributed by atoms with van der Waals surface area (Å²) in [5, 5.41) is 2.41. The third kappa shape index (κ3) is 5.53. The zero-order valence-corrected chi connectivity index (χ0v) is 17.1. The molecule has 0 aliphatic carbocycles. The van der Waals surface area contributed by atoms with E-state index < -0.39 is 29.6 Å². The summed E-state index contributed by atoms with van der Waals surface area (Å²) in [5.74, 6) is 0.618. The first-order valence-electron chi connectivity index (χ1n) is 9.02. The summed E-state index contributed by atoms with van der Waals surface area (Å²) >= 11 is 1.15. The number of pyridine rings is 2. The summed E-state index contributed by atoms with van der Waals surface area (Å²) in [4.78, 5) is 24.9. The van der Waals surface area contributed by atoms with Crippen molar-refractivity contribution in [3.8, 4) is 12.3 Å². The molecule has 2 aromatic heterocycles. The van der Waals surface area contributed by atoms with E-state index in [2.05, 4.69) is 30.9 Å². The van der Waals surface area contributed by atoms with Crippen LogP contribution in [0.4, 0.5) is 18.9 Å². The molecule has 3 N–H and O–H groups in total. The maximum atomic E-state index is 14.1. The number of thioether (sulfide) groups is 1. The first-order valence-corrected chi connectivity index (χ1v) is 9.90. The van der Waals surface area contributed by atoms with E-state index in [0.29, 0.717) is 17.8 Å². The Labute approximate surface area is 180 Å². The number of anilines is 1. The maximum absolute atomic E-state index is 14.1. The molecule has 3 heterocycles. The lowest BCUT2D eigenvalue weighted by molar-refractivity contribution is -0.128. The van der Waals surface area contributed by atoms with E-state index in [1.165, 1.54) is 18.5 Å². The summed E-state index contributed by atoms with van der Waals surface area (Å²) in [6, 6.07) is 4.11. The number of terminal acetylenes is 1. The Balaban J connectivity index is 1.80. The fourth-order valence-corrected chi connectivity index (χ4v) is 4.23. The Hall–Kier alpha value is -3.10. The van der Waals surface area contributed by atoms with Gasteiger partial charge in [0.1, 0.15) is 5.54 Å². The number of halogens is 3. The highest BCUT2D eigenvalue weighted by atomic mass is 32.2. The van der Waals surface area contributed by atoms with Crippen LogP contribution in [0.3, 0.4) is 0 Å². The normalized spacial score (nSPS) is 20.8. The SMILES string of the molecule is C#Cc1cnc(C(=O)Nc2ccnc([C@]3(C)C[C@@H](COC(F)F)SC(N)=N3)c2)c(F)c1. The second kappa shape index (κ2) is 9.36. The van der Waals surface area contributed by atoms with Gasteiger partial charge >= 0.3 is 6.61 Å². The summed E-state index contributed by atoms with van der Waals surface area (Å²) in [6.07, 6.45) is 8.19. The van der Waals surface area contributed by atoms with Gasteiger partial charge in [0.2, 0.25) is 0 Å². The molecule has 0 aromatic carbocycles. The van der Waals surface area contributed by atoms with Crippen LogP contribution in [0.15, 0.2) is 35.6 Å². The van der Waals surface area contributed by atoms with Crippen molar-refractivity contribution in [1.82, 2.24) is 9.97 Å². The predicted molar refractivity (Wildman–Crippen MR) is 111 cm³/mol. The number of ether oxygens (including phenoxy) is 1. The molecule has 162 valence electrons. The minimum atomic E-state index is -2.88. The van der Waals surface area contributed by atoms with Gasteiger partial charge in [0, 0.05) is 28.9 Å². The zero-order valence-electron chi connectivity index (χ0n) is 16.3. The third-order valence-electron chi connectivity index (χ3n) is 4.47. The number of hydrogen-bond donors (Lipinski definition) is 2. The summed E-state index contributed by atoms with van der Waals surface area (Å²) in [7, 11) is 0. The molecule has 2 atom stereocenters. The molecule has 1 aliphatic heterocycles. The molecule has 2 aromatic rings. The number of rotatable bonds is 6. The topological polar surface area (TPSA) is 102 Å². The van der Waals surface area contributed by atoms with Gasteiger partial charge in [-0.25, -0.2) is 14.4 Å². The van der Waals surface area contributed by atoms with Crippen LogP contribution in [-0.4, -0.2) is 39.5 Å². The van der Waals surface area contributed by atoms with Crippen molar-refractivity contribution >= 4 is 28.5 Å². The highest BCUT2D eigenvalue weighted by Crippen LogP contribution is 2.38. The van der Waals surface area contributed by atoms with Gasteiger partial charge in [-0.15, -0.1) is 6.42 Å². The lowest BCUT2D eigenvalue weighted by Gasteiger charge is -2.33. The number of alkyl halides is 2. The van der Waals surface area contributed by atoms with Crippen molar-refractivity contribution in [2.24, 2.45) is 10.7 Å². The van der Waals surface area contributed by atoms with Gasteiger partial charge in [-0.1, -0.05) is 17.7 Å². The van der Waals surface area contributed by atoms with Crippen LogP contribution in [0.25, 0.3) is 0 Å². The molecular weight excluding hydrogens is 431 g/mol. The summed E-state index contributed by atoms with van der Waals surface area (Å²) in [6.45, 7) is -1.33. The molecule has 11 heteroatoms. The van der Waals surface area contributed by atoms with E-state index in [4.69, 9.17) is 12.2 Å². The van der Waals surface area contributed by atoms with Crippen molar-refractivity contribution in [2.45, 2.75) is 30.7 Å². The van der Waals surface area contributed by atoms with E-state index in [0.717, 1.165) is 17.8 Å². The monoisotopic (exact) mass is 449 g/mol. The van der Waals surface area contributed by atoms with Gasteiger partial charge in [0.05, 0.1) is 12.3 Å². The average Bonchev–Trinajstić information content (AvgIpc) is 2.71. The smallest absolute Gasteiger partial charge is 0.345 e. The predicted octanol–water partition coefficient (Wildman–Crippen LogP) is 3.12.